The molecule has 0 radical (unpaired) electrons. The van der Waals surface area contributed by atoms with Gasteiger partial charge in [-0.1, -0.05) is 224 Å². The van der Waals surface area contributed by atoms with Crippen LogP contribution in [0.1, 0.15) is 260 Å². The number of aliphatic hydroxyl groups excluding tert-OH is 1. The molecule has 3 aromatic rings. The molecular weight excluding hydrogens is 1840 g/mol. The first-order valence-corrected chi connectivity index (χ1v) is 48.9. The molecule has 0 aromatic heterocycles. The Hall–Kier alpha value is -8.52. The Balaban J connectivity index is 0.000000809. The first kappa shape index (κ1) is 122. The first-order valence-electron chi connectivity index (χ1n) is 46.9. The van der Waals surface area contributed by atoms with Crippen molar-refractivity contribution in [1.29, 1.82) is 0 Å². The number of hydrogen-bond acceptors (Lipinski definition) is 27. The van der Waals surface area contributed by atoms with Gasteiger partial charge in [-0.3, -0.25) is 43.2 Å². The van der Waals surface area contributed by atoms with Crippen molar-refractivity contribution in [2.45, 2.75) is 345 Å². The smallest absolute Gasteiger partial charge is 0.305 e. The molecule has 5 aliphatic heterocycles. The molecule has 27 nitrogen and oxygen atoms in total. The Morgan fingerprint density at radius 2 is 0.669 bits per heavy atom. The van der Waals surface area contributed by atoms with Crippen LogP contribution in [0.15, 0.2) is 189 Å². The lowest BCUT2D eigenvalue weighted by atomic mass is 10.1. The fraction of sp³-hybridized carbons (Fsp3) is 0.577. The number of hydrogen-bond donors (Lipinski definition) is 3. The zero-order valence-corrected chi connectivity index (χ0v) is 83.5. The third kappa shape index (κ3) is 59.2. The third-order valence-electron chi connectivity index (χ3n) is 21.5. The molecule has 14 atom stereocenters. The van der Waals surface area contributed by atoms with E-state index in [1.54, 1.807) is 12.2 Å². The zero-order valence-electron chi connectivity index (χ0n) is 80.5. The van der Waals surface area contributed by atoms with E-state index in [0.717, 1.165) is 83.1 Å². The summed E-state index contributed by atoms with van der Waals surface area (Å²) < 4.78 is 64.6. The van der Waals surface area contributed by atoms with Crippen LogP contribution in [-0.4, -0.2) is 203 Å². The number of halogens is 1. The van der Waals surface area contributed by atoms with Crippen LogP contribution in [0.3, 0.4) is 0 Å². The molecule has 5 heterocycles. The van der Waals surface area contributed by atoms with Gasteiger partial charge in [-0.05, 0) is 177 Å². The van der Waals surface area contributed by atoms with Crippen molar-refractivity contribution >= 4 is 83.5 Å². The molecule has 744 valence electrons. The number of carbonyl (C=O) groups excluding carboxylic acids is 10. The highest BCUT2D eigenvalue weighted by Crippen LogP contribution is 2.55. The molecule has 3 N–H and O–H groups in total. The Kier molecular flexibility index (Phi) is 72.4. The van der Waals surface area contributed by atoms with E-state index in [2.05, 4.69) is 208 Å². The predicted octanol–water partition coefficient (Wildman–Crippen LogP) is 15.5. The van der Waals surface area contributed by atoms with Crippen LogP contribution in [0.2, 0.25) is 0 Å². The van der Waals surface area contributed by atoms with E-state index < -0.39 is 31.5 Å². The van der Waals surface area contributed by atoms with E-state index in [1.165, 1.54) is 162 Å². The molecule has 14 unspecified atom stereocenters. The summed E-state index contributed by atoms with van der Waals surface area (Å²) in [5, 5.41) is 29.9. The van der Waals surface area contributed by atoms with Gasteiger partial charge >= 0.3 is 47.8 Å². The van der Waals surface area contributed by atoms with Crippen molar-refractivity contribution in [3.63, 3.8) is 0 Å². The second-order valence-corrected chi connectivity index (χ2v) is 35.6. The SMILES string of the molecule is C=CC(OC(C)=O)C1OC1CCCC(=O)OC.CCCCC/C=C\C/C=C\C/C=C\C(O)C1OC1CCCC(=O)OC.CCCCC/C=C\C/C=C\C/C=C\C(OC(C)=O)C1OC1CCCC(=O)OC.CCCCCCCC/C=C\C[P+](c1ccccc1)(c1ccccc1)c1ccccc1.COC(=O)CCCC1OC1C(C=O)OC(C)=O.COC(=O)CCCC1OC1C=O.OOO.[I-]. The van der Waals surface area contributed by atoms with Crippen LogP contribution < -0.4 is 39.9 Å². The fourth-order valence-electron chi connectivity index (χ4n) is 14.1. The Morgan fingerprint density at radius 3 is 1.02 bits per heavy atom. The second-order valence-electron chi connectivity index (χ2n) is 32.0. The van der Waals surface area contributed by atoms with Gasteiger partial charge in [0.05, 0.1) is 72.2 Å². The van der Waals surface area contributed by atoms with E-state index >= 15 is 0 Å². The number of allylic oxidation sites excluding steroid dienone is 12. The quantitative estimate of drug-likeness (QED) is 0.00451. The number of benzene rings is 3. The number of ether oxygens (including phenoxy) is 13. The number of esters is 8. The Morgan fingerprint density at radius 1 is 0.376 bits per heavy atom. The second kappa shape index (κ2) is 78.6. The van der Waals surface area contributed by atoms with Crippen LogP contribution in [-0.2, 0) is 115 Å². The average Bonchev–Trinajstić information content (AvgIpc) is 1.73. The summed E-state index contributed by atoms with van der Waals surface area (Å²) in [6, 6.07) is 33.5. The fourth-order valence-corrected chi connectivity index (χ4v) is 18.1. The highest BCUT2D eigenvalue weighted by atomic mass is 127. The standard InChI is InChI=1S/C29H36P.C23H36O5.C21H34O4.C12H18O5.C11H16O6.C8H12O4.HI.H2O3/c1-2-3-4-5-6-7-8-9-19-26-30(27-20-13-10-14-21-27,28-22-15-11-16-23-28)29-24-17-12-18-25-29;1-4-5-6-7-8-9-10-11-12-13-14-16-20(27-19(2)24)23-21(28-23)17-15-18-22(25)26-3;1-3-4-5-6-7-8-9-10-11-12-13-15-18(22)21-19(25-21)16-14-17-20(23)24-2;1-4-9(16-8(2)13)12-10(17-12)6-5-7-11(14)15-3;1-7(13)16-9(6-12)11-8(17-11)4-3-5-10(14)15-2;1-11-8(10)4-2-3-6-7(5-9)12-6;;1-3-2/h9-25H,2-8,26H2,1H3;8-9,11-12,14,16,20-21,23H,4-7,10,13,15,17-18H2,1-3H3;7-8,10-11,13,15,18-19,21-22H,3-6,9,12,14,16-17H2,1-2H3;4,9-10,12H,1,5-7H2,2-3H3;6,8-9,11H,3-5H2,1-2H3;5-7H,2-4H2,1H3;1H;1-2H/q+1;;;;;;;/p-1/b19-9-;9-8-,12-11-,16-14-;8-7-,11-10-,15-13-;;;;;. The number of methoxy groups -OCH3 is 5. The zero-order chi connectivity index (χ0) is 97.2. The molecule has 0 aliphatic carbocycles. The van der Waals surface area contributed by atoms with E-state index in [1.807, 2.05) is 18.2 Å². The number of carbonyl (C=O) groups is 10. The summed E-state index contributed by atoms with van der Waals surface area (Å²) in [5.41, 5.74) is 0. The highest BCUT2D eigenvalue weighted by Gasteiger charge is 2.49. The van der Waals surface area contributed by atoms with Gasteiger partial charge < -0.3 is 95.5 Å². The Bertz CT molecular complexity index is 3700. The van der Waals surface area contributed by atoms with Crippen molar-refractivity contribution < 1.29 is 154 Å². The molecule has 5 aliphatic rings. The van der Waals surface area contributed by atoms with Crippen molar-refractivity contribution in [3.05, 3.63) is 189 Å². The number of aliphatic hydroxyl groups is 1. The molecule has 133 heavy (non-hydrogen) atoms. The van der Waals surface area contributed by atoms with Gasteiger partial charge in [0.1, 0.15) is 72.0 Å². The van der Waals surface area contributed by atoms with Crippen LogP contribution in [0.4, 0.5) is 0 Å². The van der Waals surface area contributed by atoms with E-state index in [-0.39, 0.29) is 133 Å². The maximum atomic E-state index is 11.3. The minimum atomic E-state index is -1.71. The summed E-state index contributed by atoms with van der Waals surface area (Å²) in [5.74, 6) is -2.28. The predicted molar refractivity (Wildman–Crippen MR) is 513 cm³/mol. The van der Waals surface area contributed by atoms with E-state index in [0.29, 0.717) is 64.1 Å². The summed E-state index contributed by atoms with van der Waals surface area (Å²) in [6.07, 6.45) is 63.0. The summed E-state index contributed by atoms with van der Waals surface area (Å²) in [4.78, 5) is 108. The lowest BCUT2D eigenvalue weighted by molar-refractivity contribution is -0.465. The summed E-state index contributed by atoms with van der Waals surface area (Å²) in [6.45, 7) is 14.3. The molecule has 5 fully saturated rings. The Labute approximate surface area is 808 Å². The van der Waals surface area contributed by atoms with Gasteiger partial charge in [0, 0.05) is 52.9 Å². The van der Waals surface area contributed by atoms with Crippen molar-refractivity contribution in [1.82, 2.24) is 0 Å². The van der Waals surface area contributed by atoms with E-state index in [4.69, 9.17) is 48.4 Å². The van der Waals surface area contributed by atoms with Gasteiger partial charge in [-0.15, -0.1) is 0 Å². The maximum Gasteiger partial charge on any atom is 0.305 e. The summed E-state index contributed by atoms with van der Waals surface area (Å²) in [7, 11) is 5.14. The molecule has 29 heteroatoms. The van der Waals surface area contributed by atoms with Crippen molar-refractivity contribution in [3.8, 4) is 0 Å². The number of rotatable bonds is 60. The lowest BCUT2D eigenvalue weighted by Crippen LogP contribution is -3.00. The molecule has 0 bridgehead atoms. The monoisotopic (exact) mass is 1990 g/mol. The molecule has 5 saturated heterocycles. The average molecular weight is 1990 g/mol. The molecule has 0 amide bonds. The topological polar surface area (TPSA) is 377 Å². The van der Waals surface area contributed by atoms with Crippen LogP contribution in [0.25, 0.3) is 0 Å². The van der Waals surface area contributed by atoms with Crippen molar-refractivity contribution in [2.24, 2.45) is 0 Å². The maximum absolute atomic E-state index is 11.3. The van der Waals surface area contributed by atoms with Gasteiger partial charge in [0.25, 0.3) is 0 Å². The largest absolute Gasteiger partial charge is 1.00 e. The normalized spacial score (nSPS) is 19.5. The van der Waals surface area contributed by atoms with Gasteiger partial charge in [-0.25, -0.2) is 10.5 Å². The van der Waals surface area contributed by atoms with Crippen LogP contribution in [0, 0.1) is 0 Å². The van der Waals surface area contributed by atoms with Crippen LogP contribution >= 0.6 is 7.26 Å². The van der Waals surface area contributed by atoms with Gasteiger partial charge in [0.2, 0.25) is 0 Å². The van der Waals surface area contributed by atoms with Crippen molar-refractivity contribution in [2.75, 3.05) is 41.7 Å². The van der Waals surface area contributed by atoms with Gasteiger partial charge in [-0.2, -0.15) is 0 Å². The molecule has 0 spiro atoms. The number of epoxide rings is 5. The minimum absolute atomic E-state index is 0. The number of aldehydes is 2. The van der Waals surface area contributed by atoms with Gasteiger partial charge in [0.15, 0.2) is 18.7 Å². The first-order chi connectivity index (χ1) is 64.0. The lowest BCUT2D eigenvalue weighted by Gasteiger charge is -2.26. The van der Waals surface area contributed by atoms with E-state index in [9.17, 15) is 53.1 Å². The third-order valence-corrected chi connectivity index (χ3v) is 25.8. The molecule has 0 saturated carbocycles. The molecule has 8 rings (SSSR count). The summed E-state index contributed by atoms with van der Waals surface area (Å²) >= 11 is 0. The minimum Gasteiger partial charge on any atom is -1.00 e. The van der Waals surface area contributed by atoms with Crippen LogP contribution in [0.5, 0.6) is 0 Å². The highest BCUT2D eigenvalue weighted by molar-refractivity contribution is 7.95. The number of unbranched alkanes of at least 4 members (excludes halogenated alkanes) is 12. The molecule has 3 aromatic carbocycles. The molecular formula is C104H154IO27P.